The lowest BCUT2D eigenvalue weighted by Crippen LogP contribution is -2.17. The molecule has 0 saturated heterocycles. The molecule has 1 aromatic rings. The number of nitriles is 1. The minimum absolute atomic E-state index is 0.231. The highest BCUT2D eigenvalue weighted by Gasteiger charge is 2.15. The van der Waals surface area contributed by atoms with Crippen LogP contribution in [0.3, 0.4) is 0 Å². The van der Waals surface area contributed by atoms with Crippen LogP contribution in [0, 0.1) is 16.7 Å². The van der Waals surface area contributed by atoms with Crippen molar-refractivity contribution in [3.8, 4) is 17.6 Å². The normalized spacial score (nSPS) is 10.9. The van der Waals surface area contributed by atoms with Gasteiger partial charge in [0, 0.05) is 6.54 Å². The van der Waals surface area contributed by atoms with E-state index < -0.39 is 0 Å². The van der Waals surface area contributed by atoms with Gasteiger partial charge in [0.05, 0.1) is 25.7 Å². The number of rotatable bonds is 8. The quantitative estimate of drug-likeness (QED) is 0.741. The summed E-state index contributed by atoms with van der Waals surface area (Å²) in [6, 6.07) is 8.23. The molecule has 20 heavy (non-hydrogen) atoms. The third-order valence-corrected chi connectivity index (χ3v) is 3.24. The molecule has 110 valence electrons. The zero-order valence-electron chi connectivity index (χ0n) is 12.8. The second-order valence-electron chi connectivity index (χ2n) is 5.47. The SMILES string of the molecule is COc1ccc(CNCCCC(C)(C)C#N)cc1OC. The summed E-state index contributed by atoms with van der Waals surface area (Å²) in [6.07, 6.45) is 1.90. The molecule has 0 atom stereocenters. The topological polar surface area (TPSA) is 54.3 Å². The first-order chi connectivity index (χ1) is 9.52. The third-order valence-electron chi connectivity index (χ3n) is 3.24. The Labute approximate surface area is 121 Å². The van der Waals surface area contributed by atoms with E-state index in [0.717, 1.165) is 43.0 Å². The second-order valence-corrected chi connectivity index (χ2v) is 5.47. The lowest BCUT2D eigenvalue weighted by molar-refractivity contribution is 0.354. The molecule has 0 radical (unpaired) electrons. The van der Waals surface area contributed by atoms with E-state index in [-0.39, 0.29) is 5.41 Å². The summed E-state index contributed by atoms with van der Waals surface area (Å²) in [4.78, 5) is 0. The van der Waals surface area contributed by atoms with Gasteiger partial charge in [-0.2, -0.15) is 5.26 Å². The van der Waals surface area contributed by atoms with Gasteiger partial charge in [-0.05, 0) is 50.9 Å². The van der Waals surface area contributed by atoms with Crippen molar-refractivity contribution in [2.24, 2.45) is 5.41 Å². The molecule has 1 N–H and O–H groups in total. The number of nitrogens with one attached hydrogen (secondary N) is 1. The fourth-order valence-electron chi connectivity index (χ4n) is 1.93. The molecule has 0 unspecified atom stereocenters. The zero-order chi connectivity index (χ0) is 15.0. The van der Waals surface area contributed by atoms with Crippen LogP contribution in [0.4, 0.5) is 0 Å². The molecule has 0 aliphatic carbocycles. The Kier molecular flexibility index (Phi) is 6.33. The van der Waals surface area contributed by atoms with Crippen LogP contribution < -0.4 is 14.8 Å². The summed E-state index contributed by atoms with van der Waals surface area (Å²) in [6.45, 7) is 5.63. The molecule has 0 aliphatic rings. The predicted molar refractivity (Wildman–Crippen MR) is 79.9 cm³/mol. The van der Waals surface area contributed by atoms with Crippen molar-refractivity contribution < 1.29 is 9.47 Å². The minimum Gasteiger partial charge on any atom is -0.493 e. The largest absolute Gasteiger partial charge is 0.493 e. The zero-order valence-corrected chi connectivity index (χ0v) is 12.8. The number of hydrogen-bond donors (Lipinski definition) is 1. The van der Waals surface area contributed by atoms with Gasteiger partial charge in [-0.3, -0.25) is 0 Å². The number of nitrogens with zero attached hydrogens (tertiary/aromatic N) is 1. The van der Waals surface area contributed by atoms with Crippen LogP contribution >= 0.6 is 0 Å². The van der Waals surface area contributed by atoms with Crippen molar-refractivity contribution in [2.75, 3.05) is 20.8 Å². The Morgan fingerprint density at radius 1 is 1.20 bits per heavy atom. The predicted octanol–water partition coefficient (Wildman–Crippen LogP) is 3.12. The van der Waals surface area contributed by atoms with Crippen LogP contribution in [0.2, 0.25) is 0 Å². The molecule has 0 aromatic heterocycles. The second kappa shape index (κ2) is 7.76. The van der Waals surface area contributed by atoms with Gasteiger partial charge in [-0.1, -0.05) is 6.07 Å². The average molecular weight is 276 g/mol. The maximum atomic E-state index is 8.94. The molecule has 0 amide bonds. The molecular formula is C16H24N2O2. The summed E-state index contributed by atoms with van der Waals surface area (Å²) in [5.74, 6) is 1.49. The van der Waals surface area contributed by atoms with Crippen LogP contribution in [-0.4, -0.2) is 20.8 Å². The van der Waals surface area contributed by atoms with Gasteiger partial charge in [0.1, 0.15) is 0 Å². The summed E-state index contributed by atoms with van der Waals surface area (Å²) in [7, 11) is 3.27. The highest BCUT2D eigenvalue weighted by molar-refractivity contribution is 5.42. The Morgan fingerprint density at radius 3 is 2.50 bits per heavy atom. The van der Waals surface area contributed by atoms with Crippen molar-refractivity contribution in [2.45, 2.75) is 33.2 Å². The summed E-state index contributed by atoms with van der Waals surface area (Å²) < 4.78 is 10.5. The van der Waals surface area contributed by atoms with E-state index in [2.05, 4.69) is 11.4 Å². The molecule has 0 aliphatic heterocycles. The summed E-state index contributed by atoms with van der Waals surface area (Å²) in [5, 5.41) is 12.3. The highest BCUT2D eigenvalue weighted by Crippen LogP contribution is 2.27. The van der Waals surface area contributed by atoms with E-state index in [0.29, 0.717) is 0 Å². The molecule has 4 heteroatoms. The van der Waals surface area contributed by atoms with E-state index in [1.54, 1.807) is 14.2 Å². The van der Waals surface area contributed by atoms with E-state index >= 15 is 0 Å². The monoisotopic (exact) mass is 276 g/mol. The summed E-state index contributed by atoms with van der Waals surface area (Å²) >= 11 is 0. The first kappa shape index (κ1) is 16.3. The van der Waals surface area contributed by atoms with Crippen molar-refractivity contribution >= 4 is 0 Å². The first-order valence-electron chi connectivity index (χ1n) is 6.85. The van der Waals surface area contributed by atoms with Crippen molar-refractivity contribution in [3.05, 3.63) is 23.8 Å². The van der Waals surface area contributed by atoms with Crippen molar-refractivity contribution in [3.63, 3.8) is 0 Å². The fourth-order valence-corrected chi connectivity index (χ4v) is 1.93. The van der Waals surface area contributed by atoms with Crippen LogP contribution in [0.5, 0.6) is 11.5 Å². The lowest BCUT2D eigenvalue weighted by Gasteiger charge is -2.15. The van der Waals surface area contributed by atoms with E-state index in [4.69, 9.17) is 14.7 Å². The molecule has 0 heterocycles. The van der Waals surface area contributed by atoms with E-state index in [1.165, 1.54) is 0 Å². The lowest BCUT2D eigenvalue weighted by atomic mass is 9.90. The van der Waals surface area contributed by atoms with Gasteiger partial charge in [0.2, 0.25) is 0 Å². The molecular weight excluding hydrogens is 252 g/mol. The Morgan fingerprint density at radius 2 is 1.90 bits per heavy atom. The molecule has 0 spiro atoms. The minimum atomic E-state index is -0.231. The van der Waals surface area contributed by atoms with Gasteiger partial charge in [-0.25, -0.2) is 0 Å². The number of ether oxygens (including phenoxy) is 2. The average Bonchev–Trinajstić information content (AvgIpc) is 2.46. The maximum absolute atomic E-state index is 8.94. The van der Waals surface area contributed by atoms with Crippen molar-refractivity contribution in [1.29, 1.82) is 5.26 Å². The highest BCUT2D eigenvalue weighted by atomic mass is 16.5. The number of benzene rings is 1. The standard InChI is InChI=1S/C16H24N2O2/c1-16(2,12-17)8-5-9-18-11-13-6-7-14(19-3)15(10-13)20-4/h6-7,10,18H,5,8-9,11H2,1-4H3. The molecule has 0 fully saturated rings. The van der Waals surface area contributed by atoms with Crippen molar-refractivity contribution in [1.82, 2.24) is 5.32 Å². The number of methoxy groups -OCH3 is 2. The van der Waals surface area contributed by atoms with Crippen LogP contribution in [-0.2, 0) is 6.54 Å². The molecule has 0 bridgehead atoms. The van der Waals surface area contributed by atoms with Crippen LogP contribution in [0.25, 0.3) is 0 Å². The maximum Gasteiger partial charge on any atom is 0.161 e. The molecule has 1 rings (SSSR count). The van der Waals surface area contributed by atoms with Gasteiger partial charge < -0.3 is 14.8 Å². The summed E-state index contributed by atoms with van der Waals surface area (Å²) in [5.41, 5.74) is 0.924. The van der Waals surface area contributed by atoms with E-state index in [9.17, 15) is 0 Å². The fraction of sp³-hybridized carbons (Fsp3) is 0.562. The van der Waals surface area contributed by atoms with Crippen LogP contribution in [0.15, 0.2) is 18.2 Å². The first-order valence-corrected chi connectivity index (χ1v) is 6.85. The number of hydrogen-bond acceptors (Lipinski definition) is 4. The van der Waals surface area contributed by atoms with E-state index in [1.807, 2.05) is 32.0 Å². The van der Waals surface area contributed by atoms with Gasteiger partial charge in [0.15, 0.2) is 11.5 Å². The molecule has 4 nitrogen and oxygen atoms in total. The van der Waals surface area contributed by atoms with Crippen LogP contribution in [0.1, 0.15) is 32.3 Å². The Hall–Kier alpha value is -1.73. The third kappa shape index (κ3) is 5.10. The molecule has 0 saturated carbocycles. The van der Waals surface area contributed by atoms with Gasteiger partial charge in [0.25, 0.3) is 0 Å². The smallest absolute Gasteiger partial charge is 0.161 e. The van der Waals surface area contributed by atoms with Gasteiger partial charge in [-0.15, -0.1) is 0 Å². The van der Waals surface area contributed by atoms with Gasteiger partial charge >= 0.3 is 0 Å². The molecule has 1 aromatic carbocycles. The Balaban J connectivity index is 2.38. The Bertz CT molecular complexity index is 464.